The van der Waals surface area contributed by atoms with Crippen molar-refractivity contribution < 1.29 is 33.4 Å². The van der Waals surface area contributed by atoms with E-state index >= 15 is 0 Å². The molecule has 0 aliphatic heterocycles. The summed E-state index contributed by atoms with van der Waals surface area (Å²) < 4.78 is 15.7. The van der Waals surface area contributed by atoms with Gasteiger partial charge in [-0.2, -0.15) is 0 Å². The molecule has 0 saturated heterocycles. The fourth-order valence-corrected chi connectivity index (χ4v) is 3.36. The van der Waals surface area contributed by atoms with Gasteiger partial charge in [-0.05, 0) is 44.7 Å². The van der Waals surface area contributed by atoms with E-state index < -0.39 is 41.7 Å². The molecule has 0 spiro atoms. The van der Waals surface area contributed by atoms with Gasteiger partial charge in [-0.15, -0.1) is 4.99 Å². The van der Waals surface area contributed by atoms with E-state index in [9.17, 15) is 19.2 Å². The second-order valence-corrected chi connectivity index (χ2v) is 9.71. The molecule has 216 valence electrons. The summed E-state index contributed by atoms with van der Waals surface area (Å²) in [5.41, 5.74) is 12.2. The summed E-state index contributed by atoms with van der Waals surface area (Å²) in [7, 11) is 0. The number of benzene rings is 2. The average molecular weight is 556 g/mol. The number of alkyl carbamates (subject to hydrolysis) is 1. The fourth-order valence-electron chi connectivity index (χ4n) is 3.36. The Labute approximate surface area is 233 Å². The Hall–Kier alpha value is -4.45. The van der Waals surface area contributed by atoms with Crippen molar-refractivity contribution in [2.75, 3.05) is 13.1 Å². The Morgan fingerprint density at radius 3 is 2.00 bits per heavy atom. The minimum Gasteiger partial charge on any atom is -0.444 e. The van der Waals surface area contributed by atoms with Crippen LogP contribution in [0.1, 0.15) is 44.7 Å². The van der Waals surface area contributed by atoms with Crippen molar-refractivity contribution in [1.29, 1.82) is 0 Å². The molecule has 0 fully saturated rings. The number of ether oxygens (including phenoxy) is 3. The molecule has 2 aromatic carbocycles. The third kappa shape index (κ3) is 11.9. The summed E-state index contributed by atoms with van der Waals surface area (Å²) in [6.07, 6.45) is -2.36. The molecule has 0 bridgehead atoms. The van der Waals surface area contributed by atoms with E-state index in [0.717, 1.165) is 16.0 Å². The van der Waals surface area contributed by atoms with Gasteiger partial charge < -0.3 is 31.0 Å². The molecule has 0 saturated carbocycles. The normalized spacial score (nSPS) is 12.2. The molecule has 1 atom stereocenters. The maximum atomic E-state index is 12.9. The number of ketones is 1. The number of Topliss-reactive ketones (excluding diaryl/α,β-unsaturated/α-hetero) is 1. The largest absolute Gasteiger partial charge is 0.444 e. The molecular weight excluding hydrogens is 518 g/mol. The van der Waals surface area contributed by atoms with Crippen LogP contribution in [0.15, 0.2) is 65.7 Å². The van der Waals surface area contributed by atoms with Gasteiger partial charge in [0.25, 0.3) is 0 Å². The molecule has 0 aliphatic rings. The molecule has 2 aromatic rings. The molecule has 3 amide bonds. The van der Waals surface area contributed by atoms with Crippen LogP contribution in [0.2, 0.25) is 0 Å². The Bertz CT molecular complexity index is 1150. The zero-order valence-corrected chi connectivity index (χ0v) is 23.0. The monoisotopic (exact) mass is 555 g/mol. The van der Waals surface area contributed by atoms with Crippen LogP contribution in [0, 0.1) is 0 Å². The maximum absolute atomic E-state index is 12.9. The van der Waals surface area contributed by atoms with Gasteiger partial charge in [-0.3, -0.25) is 4.79 Å². The van der Waals surface area contributed by atoms with Crippen LogP contribution in [0.25, 0.3) is 0 Å². The first-order valence-electron chi connectivity index (χ1n) is 12.7. The molecular formula is C28H37N5O7. The van der Waals surface area contributed by atoms with E-state index in [4.69, 9.17) is 25.7 Å². The molecule has 0 unspecified atom stereocenters. The van der Waals surface area contributed by atoms with Crippen molar-refractivity contribution in [3.05, 3.63) is 71.8 Å². The summed E-state index contributed by atoms with van der Waals surface area (Å²) >= 11 is 0. The Morgan fingerprint density at radius 2 is 1.48 bits per heavy atom. The van der Waals surface area contributed by atoms with Crippen LogP contribution >= 0.6 is 0 Å². The quantitative estimate of drug-likeness (QED) is 0.213. The zero-order valence-electron chi connectivity index (χ0n) is 23.0. The summed E-state index contributed by atoms with van der Waals surface area (Å²) in [5, 5.41) is 2.51. The molecule has 12 heteroatoms. The predicted octanol–water partition coefficient (Wildman–Crippen LogP) is 3.48. The van der Waals surface area contributed by atoms with E-state index in [1.54, 1.807) is 69.3 Å². The predicted molar refractivity (Wildman–Crippen MR) is 148 cm³/mol. The number of guanidine groups is 1. The summed E-state index contributed by atoms with van der Waals surface area (Å²) in [4.78, 5) is 54.4. The van der Waals surface area contributed by atoms with Gasteiger partial charge >= 0.3 is 18.3 Å². The number of hydrogen-bond donors (Lipinski definition) is 3. The van der Waals surface area contributed by atoms with Crippen LogP contribution in [-0.2, 0) is 32.2 Å². The highest BCUT2D eigenvalue weighted by molar-refractivity contribution is 5.98. The summed E-state index contributed by atoms with van der Waals surface area (Å²) in [6, 6.07) is 17.0. The lowest BCUT2D eigenvalue weighted by atomic mass is 10.1. The SMILES string of the molecule is CC(C)(C)OC(=O)N[C@@H](CCCN(C(=O)OCc1ccccc1)/C(N)=N\C(=O)OCc1ccccc1)C(=O)CN. The van der Waals surface area contributed by atoms with E-state index in [2.05, 4.69) is 10.3 Å². The van der Waals surface area contributed by atoms with Crippen LogP contribution in [0.4, 0.5) is 14.4 Å². The lowest BCUT2D eigenvalue weighted by Gasteiger charge is -2.24. The number of carbonyl (C=O) groups is 4. The van der Waals surface area contributed by atoms with Gasteiger partial charge in [0, 0.05) is 6.54 Å². The van der Waals surface area contributed by atoms with Crippen molar-refractivity contribution in [3.8, 4) is 0 Å². The van der Waals surface area contributed by atoms with Gasteiger partial charge in [0.1, 0.15) is 18.8 Å². The third-order valence-corrected chi connectivity index (χ3v) is 5.27. The summed E-state index contributed by atoms with van der Waals surface area (Å²) in [6.45, 7) is 4.61. The highest BCUT2D eigenvalue weighted by Gasteiger charge is 2.25. The van der Waals surface area contributed by atoms with E-state index in [-0.39, 0.29) is 39.1 Å². The number of hydrogen-bond acceptors (Lipinski definition) is 8. The number of aliphatic imine (C=N–C) groups is 1. The lowest BCUT2D eigenvalue weighted by molar-refractivity contribution is -0.120. The van der Waals surface area contributed by atoms with Gasteiger partial charge in [0.15, 0.2) is 5.78 Å². The topological polar surface area (TPSA) is 176 Å². The maximum Gasteiger partial charge on any atom is 0.437 e. The number of nitrogens with zero attached hydrogens (tertiary/aromatic N) is 2. The van der Waals surface area contributed by atoms with Gasteiger partial charge in [0.05, 0.1) is 12.6 Å². The Balaban J connectivity index is 2.09. The number of nitrogens with two attached hydrogens (primary N) is 2. The molecule has 0 radical (unpaired) electrons. The average Bonchev–Trinajstić information content (AvgIpc) is 2.91. The van der Waals surface area contributed by atoms with E-state index in [0.29, 0.717) is 0 Å². The van der Waals surface area contributed by atoms with Crippen LogP contribution in [0.5, 0.6) is 0 Å². The zero-order chi connectivity index (χ0) is 29.5. The molecule has 5 N–H and O–H groups in total. The first-order valence-corrected chi connectivity index (χ1v) is 12.7. The van der Waals surface area contributed by atoms with Gasteiger partial charge in [0.2, 0.25) is 5.96 Å². The van der Waals surface area contributed by atoms with Crippen molar-refractivity contribution in [2.24, 2.45) is 16.5 Å². The van der Waals surface area contributed by atoms with Gasteiger partial charge in [-0.25, -0.2) is 19.3 Å². The summed E-state index contributed by atoms with van der Waals surface area (Å²) in [5.74, 6) is -0.867. The van der Waals surface area contributed by atoms with Crippen molar-refractivity contribution in [1.82, 2.24) is 10.2 Å². The number of amides is 3. The van der Waals surface area contributed by atoms with Crippen LogP contribution in [0.3, 0.4) is 0 Å². The molecule has 0 aliphatic carbocycles. The fraction of sp³-hybridized carbons (Fsp3) is 0.393. The number of rotatable bonds is 11. The highest BCUT2D eigenvalue weighted by Crippen LogP contribution is 2.10. The molecule has 0 heterocycles. The number of nitrogens with one attached hydrogen (secondary N) is 1. The molecule has 0 aromatic heterocycles. The van der Waals surface area contributed by atoms with E-state index in [1.165, 1.54) is 0 Å². The van der Waals surface area contributed by atoms with Crippen molar-refractivity contribution in [2.45, 2.75) is 58.5 Å². The first-order chi connectivity index (χ1) is 19.0. The molecule has 12 nitrogen and oxygen atoms in total. The van der Waals surface area contributed by atoms with E-state index in [1.807, 2.05) is 12.1 Å². The second kappa shape index (κ2) is 15.8. The van der Waals surface area contributed by atoms with Gasteiger partial charge in [-0.1, -0.05) is 60.7 Å². The minimum atomic E-state index is -0.995. The van der Waals surface area contributed by atoms with Crippen LogP contribution < -0.4 is 16.8 Å². The standard InChI is InChI=1S/C28H37N5O7/c1-28(2,3)40-26(36)31-22(23(34)17-29)15-10-16-33(27(37)39-19-21-13-8-5-9-14-21)24(30)32-25(35)38-18-20-11-6-4-7-12-20/h4-9,11-14,22H,10,15-19,29H2,1-3H3,(H,31,36)(H2,30,32,35)/t22-/m0/s1. The molecule has 2 rings (SSSR count). The lowest BCUT2D eigenvalue weighted by Crippen LogP contribution is -2.47. The van der Waals surface area contributed by atoms with Crippen LogP contribution in [-0.4, -0.2) is 59.7 Å². The molecule has 40 heavy (non-hydrogen) atoms. The second-order valence-electron chi connectivity index (χ2n) is 9.71. The highest BCUT2D eigenvalue weighted by atomic mass is 16.6. The minimum absolute atomic E-state index is 0.0336. The van der Waals surface area contributed by atoms with Crippen molar-refractivity contribution in [3.63, 3.8) is 0 Å². The third-order valence-electron chi connectivity index (χ3n) is 5.27. The van der Waals surface area contributed by atoms with Crippen molar-refractivity contribution >= 4 is 30.0 Å². The first kappa shape index (κ1) is 31.8. The Kier molecular flexibility index (Phi) is 12.6. The Morgan fingerprint density at radius 1 is 0.925 bits per heavy atom. The smallest absolute Gasteiger partial charge is 0.437 e. The number of carbonyl (C=O) groups excluding carboxylic acids is 4.